The van der Waals surface area contributed by atoms with E-state index in [0.29, 0.717) is 24.5 Å². The van der Waals surface area contributed by atoms with Gasteiger partial charge in [-0.05, 0) is 39.8 Å². The number of carboxylic acids is 1. The molecule has 8 nitrogen and oxygen atoms in total. The van der Waals surface area contributed by atoms with Gasteiger partial charge in [0.15, 0.2) is 0 Å². The van der Waals surface area contributed by atoms with Gasteiger partial charge in [0, 0.05) is 36.6 Å². The predicted octanol–water partition coefficient (Wildman–Crippen LogP) is 0.0830. The number of hydrogen-bond acceptors (Lipinski definition) is 6. The van der Waals surface area contributed by atoms with Crippen molar-refractivity contribution in [2.24, 2.45) is 11.3 Å². The number of hydrogen-bond donors (Lipinski definition) is 2. The van der Waals surface area contributed by atoms with Crippen LogP contribution in [0.25, 0.3) is 0 Å². The third-order valence-corrected chi connectivity index (χ3v) is 5.65. The summed E-state index contributed by atoms with van der Waals surface area (Å²) in [5.74, 6) is -0.666. The molecule has 3 rings (SSSR count). The zero-order valence-electron chi connectivity index (χ0n) is 14.9. The van der Waals surface area contributed by atoms with E-state index in [9.17, 15) is 14.7 Å². The first kappa shape index (κ1) is 17.6. The zero-order valence-corrected chi connectivity index (χ0v) is 14.9. The highest BCUT2D eigenvalue weighted by molar-refractivity contribution is 5.83. The van der Waals surface area contributed by atoms with Crippen molar-refractivity contribution in [2.75, 3.05) is 39.0 Å². The number of nitrogen functional groups attached to an aromatic ring is 1. The molecule has 0 radical (unpaired) electrons. The van der Waals surface area contributed by atoms with Gasteiger partial charge >= 0.3 is 5.97 Å². The molecule has 0 unspecified atom stereocenters. The molecule has 1 aromatic rings. The van der Waals surface area contributed by atoms with Crippen molar-refractivity contribution in [3.8, 4) is 0 Å². The lowest BCUT2D eigenvalue weighted by Crippen LogP contribution is -2.52. The second kappa shape index (κ2) is 6.25. The summed E-state index contributed by atoms with van der Waals surface area (Å²) in [4.78, 5) is 36.8. The molecule has 0 aromatic carbocycles. The number of carbonyl (C=O) groups excluding carboxylic acids is 1. The van der Waals surface area contributed by atoms with E-state index in [1.165, 1.54) is 0 Å². The van der Waals surface area contributed by atoms with Gasteiger partial charge in [0.2, 0.25) is 11.9 Å². The summed E-state index contributed by atoms with van der Waals surface area (Å²) in [5, 5.41) is 9.83. The van der Waals surface area contributed by atoms with Crippen LogP contribution in [0.15, 0.2) is 0 Å². The number of nitrogens with two attached hydrogens (primary N) is 1. The fourth-order valence-electron chi connectivity index (χ4n) is 4.24. The number of carboxylic acid groups (broad SMARTS) is 1. The minimum absolute atomic E-state index is 0.00927. The van der Waals surface area contributed by atoms with E-state index in [1.807, 2.05) is 25.8 Å². The van der Waals surface area contributed by atoms with E-state index in [4.69, 9.17) is 5.73 Å². The predicted molar refractivity (Wildman–Crippen MR) is 91.9 cm³/mol. The Morgan fingerprint density at radius 1 is 1.28 bits per heavy atom. The maximum Gasteiger partial charge on any atom is 0.313 e. The van der Waals surface area contributed by atoms with Crippen LogP contribution in [-0.4, -0.2) is 70.0 Å². The number of anilines is 1. The Labute approximate surface area is 147 Å². The fourth-order valence-corrected chi connectivity index (χ4v) is 4.24. The van der Waals surface area contributed by atoms with Crippen LogP contribution in [0.3, 0.4) is 0 Å². The van der Waals surface area contributed by atoms with Gasteiger partial charge in [-0.1, -0.05) is 0 Å². The lowest BCUT2D eigenvalue weighted by atomic mass is 9.73. The lowest BCUT2D eigenvalue weighted by Gasteiger charge is -2.39. The molecule has 25 heavy (non-hydrogen) atoms. The Bertz CT molecular complexity index is 699. The van der Waals surface area contributed by atoms with E-state index >= 15 is 0 Å². The maximum atomic E-state index is 12.8. The first-order valence-electron chi connectivity index (χ1n) is 8.52. The number of rotatable bonds is 3. The molecule has 1 aromatic heterocycles. The lowest BCUT2D eigenvalue weighted by molar-refractivity contribution is -0.154. The molecule has 136 valence electrons. The Morgan fingerprint density at radius 3 is 2.52 bits per heavy atom. The van der Waals surface area contributed by atoms with Crippen molar-refractivity contribution >= 4 is 17.8 Å². The summed E-state index contributed by atoms with van der Waals surface area (Å²) in [7, 11) is 1.93. The minimum atomic E-state index is -0.857. The molecule has 0 bridgehead atoms. The molecular formula is C17H25N5O3. The highest BCUT2D eigenvalue weighted by Gasteiger charge is 2.55. The number of amides is 1. The van der Waals surface area contributed by atoms with E-state index in [1.54, 1.807) is 4.90 Å². The number of piperidine rings is 1. The Hall–Kier alpha value is -2.22. The Balaban J connectivity index is 1.80. The van der Waals surface area contributed by atoms with Gasteiger partial charge in [0.05, 0.1) is 6.42 Å². The molecular weight excluding hydrogens is 322 g/mol. The van der Waals surface area contributed by atoms with Crippen molar-refractivity contribution in [3.63, 3.8) is 0 Å². The summed E-state index contributed by atoms with van der Waals surface area (Å²) in [5.41, 5.74) is 6.95. The van der Waals surface area contributed by atoms with Crippen LogP contribution < -0.4 is 5.73 Å². The minimum Gasteiger partial charge on any atom is -0.481 e. The van der Waals surface area contributed by atoms with Crippen LogP contribution in [0, 0.1) is 25.2 Å². The second-order valence-corrected chi connectivity index (χ2v) is 7.37. The Kier molecular flexibility index (Phi) is 4.40. The second-order valence-electron chi connectivity index (χ2n) is 7.37. The highest BCUT2D eigenvalue weighted by Crippen LogP contribution is 2.42. The van der Waals surface area contributed by atoms with Crippen molar-refractivity contribution in [1.29, 1.82) is 0 Å². The number of carbonyl (C=O) groups is 2. The first-order valence-corrected chi connectivity index (χ1v) is 8.52. The zero-order chi connectivity index (χ0) is 18.4. The largest absolute Gasteiger partial charge is 0.481 e. The molecule has 2 saturated heterocycles. The van der Waals surface area contributed by atoms with Crippen LogP contribution in [-0.2, 0) is 16.0 Å². The summed E-state index contributed by atoms with van der Waals surface area (Å²) in [6.07, 6.45) is 0.978. The van der Waals surface area contributed by atoms with Gasteiger partial charge in [-0.15, -0.1) is 0 Å². The third kappa shape index (κ3) is 3.06. The van der Waals surface area contributed by atoms with Gasteiger partial charge < -0.3 is 20.6 Å². The van der Waals surface area contributed by atoms with Crippen molar-refractivity contribution in [3.05, 3.63) is 17.0 Å². The summed E-state index contributed by atoms with van der Waals surface area (Å²) < 4.78 is 0. The average Bonchev–Trinajstić information content (AvgIpc) is 2.90. The number of fused-ring (bicyclic) bond motifs is 1. The topological polar surface area (TPSA) is 113 Å². The average molecular weight is 347 g/mol. The normalized spacial score (nSPS) is 26.5. The molecule has 3 N–H and O–H groups in total. The quantitative estimate of drug-likeness (QED) is 0.796. The molecule has 2 aliphatic heterocycles. The molecule has 2 atom stereocenters. The van der Waals surface area contributed by atoms with Crippen LogP contribution in [0.5, 0.6) is 0 Å². The summed E-state index contributed by atoms with van der Waals surface area (Å²) in [6.45, 7) is 5.75. The Morgan fingerprint density at radius 2 is 1.92 bits per heavy atom. The summed E-state index contributed by atoms with van der Waals surface area (Å²) in [6, 6.07) is 0. The standard InChI is InChI=1S/C17H25N5O3/c1-10-13(11(2)20-16(18)19-10)6-14(23)22-7-12-4-5-21(3)8-17(12,9-22)15(24)25/h12H,4-9H2,1-3H3,(H,24,25)(H2,18,19,20)/t12-,17-/m0/s1. The van der Waals surface area contributed by atoms with Crippen LogP contribution in [0.2, 0.25) is 0 Å². The molecule has 2 fully saturated rings. The summed E-state index contributed by atoms with van der Waals surface area (Å²) >= 11 is 0. The molecule has 1 amide bonds. The van der Waals surface area contributed by atoms with Gasteiger partial charge in [0.25, 0.3) is 0 Å². The van der Waals surface area contributed by atoms with Crippen LogP contribution in [0.1, 0.15) is 23.4 Å². The van der Waals surface area contributed by atoms with Crippen molar-refractivity contribution in [1.82, 2.24) is 19.8 Å². The molecule has 0 aliphatic carbocycles. The van der Waals surface area contributed by atoms with Crippen LogP contribution >= 0.6 is 0 Å². The first-order chi connectivity index (χ1) is 11.7. The fraction of sp³-hybridized carbons (Fsp3) is 0.647. The van der Waals surface area contributed by atoms with E-state index in [0.717, 1.165) is 18.5 Å². The molecule has 3 heterocycles. The van der Waals surface area contributed by atoms with Gasteiger partial charge in [-0.25, -0.2) is 9.97 Å². The maximum absolute atomic E-state index is 12.8. The van der Waals surface area contributed by atoms with E-state index < -0.39 is 11.4 Å². The monoisotopic (exact) mass is 347 g/mol. The van der Waals surface area contributed by atoms with E-state index in [2.05, 4.69) is 9.97 Å². The van der Waals surface area contributed by atoms with Crippen LogP contribution in [0.4, 0.5) is 5.95 Å². The number of aromatic nitrogens is 2. The number of aliphatic carboxylic acids is 1. The molecule has 0 saturated carbocycles. The number of nitrogens with zero attached hydrogens (tertiary/aromatic N) is 4. The van der Waals surface area contributed by atoms with Gasteiger partial charge in [0.1, 0.15) is 5.41 Å². The van der Waals surface area contributed by atoms with Gasteiger partial charge in [-0.2, -0.15) is 0 Å². The SMILES string of the molecule is Cc1nc(N)nc(C)c1CC(=O)N1C[C@@H]2CCN(C)C[C@]2(C(=O)O)C1. The van der Waals surface area contributed by atoms with Gasteiger partial charge in [-0.3, -0.25) is 9.59 Å². The number of aryl methyl sites for hydroxylation is 2. The van der Waals surface area contributed by atoms with Crippen molar-refractivity contribution < 1.29 is 14.7 Å². The van der Waals surface area contributed by atoms with Crippen molar-refractivity contribution in [2.45, 2.75) is 26.7 Å². The molecule has 8 heteroatoms. The third-order valence-electron chi connectivity index (χ3n) is 5.65. The molecule has 0 spiro atoms. The highest BCUT2D eigenvalue weighted by atomic mass is 16.4. The van der Waals surface area contributed by atoms with E-state index in [-0.39, 0.29) is 30.7 Å². The smallest absolute Gasteiger partial charge is 0.313 e. The molecule has 2 aliphatic rings. The number of likely N-dealkylation sites (tertiary alicyclic amines) is 2.